The average molecular weight is 361 g/mol. The number of rotatable bonds is 8. The van der Waals surface area contributed by atoms with Crippen molar-refractivity contribution in [2.24, 2.45) is 0 Å². The van der Waals surface area contributed by atoms with Gasteiger partial charge in [0.1, 0.15) is 5.60 Å². The van der Waals surface area contributed by atoms with Gasteiger partial charge in [-0.05, 0) is 52.4 Å². The van der Waals surface area contributed by atoms with E-state index in [1.165, 1.54) is 0 Å². The molecule has 0 aliphatic heterocycles. The first-order valence-electron chi connectivity index (χ1n) is 8.79. The second kappa shape index (κ2) is 10.6. The third kappa shape index (κ3) is 10.5. The Labute approximate surface area is 156 Å². The number of carbonyl (C=O) groups is 2. The van der Waals surface area contributed by atoms with Gasteiger partial charge in [0.2, 0.25) is 5.91 Å². The van der Waals surface area contributed by atoms with Crippen LogP contribution in [0, 0.1) is 0 Å². The zero-order valence-corrected chi connectivity index (χ0v) is 16.5. The van der Waals surface area contributed by atoms with E-state index in [0.29, 0.717) is 13.1 Å². The van der Waals surface area contributed by atoms with Gasteiger partial charge in [0.15, 0.2) is 0 Å². The van der Waals surface area contributed by atoms with Crippen LogP contribution in [0.2, 0.25) is 0 Å². The lowest BCUT2D eigenvalue weighted by atomic mass is 10.1. The Morgan fingerprint density at radius 3 is 2.27 bits per heavy atom. The molecule has 0 fully saturated rings. The highest BCUT2D eigenvalue weighted by molar-refractivity contribution is 5.87. The van der Waals surface area contributed by atoms with Crippen LogP contribution < -0.4 is 10.6 Å². The zero-order valence-electron chi connectivity index (χ0n) is 16.5. The number of nitrogens with zero attached hydrogens (tertiary/aromatic N) is 1. The molecule has 2 amide bonds. The second-order valence-electron chi connectivity index (χ2n) is 7.38. The summed E-state index contributed by atoms with van der Waals surface area (Å²) < 4.78 is 5.19. The summed E-state index contributed by atoms with van der Waals surface area (Å²) in [5, 5.41) is 5.59. The Balaban J connectivity index is 2.32. The standard InChI is InChI=1S/C20H31N3O3/c1-20(2,3)26-19(25)21-13-12-16-8-10-17(11-9-16)15-22-18(24)7-6-14-23(4)5/h6-11H,12-15H2,1-5H3,(H,21,25)(H,22,24)/b7-6+. The molecule has 6 heteroatoms. The fourth-order valence-electron chi connectivity index (χ4n) is 2.07. The second-order valence-corrected chi connectivity index (χ2v) is 7.38. The molecule has 0 unspecified atom stereocenters. The van der Waals surface area contributed by atoms with E-state index in [9.17, 15) is 9.59 Å². The maximum absolute atomic E-state index is 11.7. The predicted molar refractivity (Wildman–Crippen MR) is 104 cm³/mol. The molecule has 1 aromatic rings. The van der Waals surface area contributed by atoms with Crippen LogP contribution in [0.3, 0.4) is 0 Å². The van der Waals surface area contributed by atoms with E-state index in [-0.39, 0.29) is 5.91 Å². The highest BCUT2D eigenvalue weighted by Gasteiger charge is 2.15. The summed E-state index contributed by atoms with van der Waals surface area (Å²) in [5.41, 5.74) is 1.66. The smallest absolute Gasteiger partial charge is 0.407 e. The van der Waals surface area contributed by atoms with E-state index in [4.69, 9.17) is 4.74 Å². The molecule has 1 rings (SSSR count). The monoisotopic (exact) mass is 361 g/mol. The van der Waals surface area contributed by atoms with Crippen LogP contribution in [-0.2, 0) is 22.5 Å². The Morgan fingerprint density at radius 2 is 1.69 bits per heavy atom. The molecule has 144 valence electrons. The number of carbonyl (C=O) groups excluding carboxylic acids is 2. The molecule has 0 saturated carbocycles. The van der Waals surface area contributed by atoms with E-state index in [0.717, 1.165) is 24.1 Å². The molecule has 0 saturated heterocycles. The van der Waals surface area contributed by atoms with Crippen molar-refractivity contribution in [3.8, 4) is 0 Å². The number of hydrogen-bond donors (Lipinski definition) is 2. The highest BCUT2D eigenvalue weighted by Crippen LogP contribution is 2.07. The van der Waals surface area contributed by atoms with Crippen molar-refractivity contribution in [2.75, 3.05) is 27.2 Å². The summed E-state index contributed by atoms with van der Waals surface area (Å²) in [6.45, 7) is 7.25. The van der Waals surface area contributed by atoms with Gasteiger partial charge in [0.05, 0.1) is 0 Å². The van der Waals surface area contributed by atoms with Gasteiger partial charge in [0, 0.05) is 25.7 Å². The van der Waals surface area contributed by atoms with Gasteiger partial charge in [-0.3, -0.25) is 4.79 Å². The van der Waals surface area contributed by atoms with Crippen LogP contribution in [0.25, 0.3) is 0 Å². The van der Waals surface area contributed by atoms with E-state index < -0.39 is 11.7 Å². The molecule has 0 spiro atoms. The lowest BCUT2D eigenvalue weighted by Crippen LogP contribution is -2.33. The number of amides is 2. The molecule has 0 bridgehead atoms. The molecule has 0 aromatic heterocycles. The minimum absolute atomic E-state index is 0.0995. The molecule has 1 aromatic carbocycles. The molecule has 26 heavy (non-hydrogen) atoms. The van der Waals surface area contributed by atoms with E-state index in [2.05, 4.69) is 10.6 Å². The Morgan fingerprint density at radius 1 is 1.08 bits per heavy atom. The van der Waals surface area contributed by atoms with Crippen LogP contribution in [0.1, 0.15) is 31.9 Å². The number of ether oxygens (including phenoxy) is 1. The van der Waals surface area contributed by atoms with Crippen LogP contribution in [-0.4, -0.2) is 49.7 Å². The maximum atomic E-state index is 11.7. The van der Waals surface area contributed by atoms with Crippen molar-refractivity contribution in [2.45, 2.75) is 39.3 Å². The normalized spacial score (nSPS) is 11.6. The van der Waals surface area contributed by atoms with Gasteiger partial charge in [-0.25, -0.2) is 4.79 Å². The number of likely N-dealkylation sites (N-methyl/N-ethyl adjacent to an activating group) is 1. The van der Waals surface area contributed by atoms with Crippen LogP contribution in [0.4, 0.5) is 4.79 Å². The number of hydrogen-bond acceptors (Lipinski definition) is 4. The first-order valence-corrected chi connectivity index (χ1v) is 8.79. The quantitative estimate of drug-likeness (QED) is 0.698. The minimum atomic E-state index is -0.488. The van der Waals surface area contributed by atoms with Gasteiger partial charge >= 0.3 is 6.09 Å². The first-order chi connectivity index (χ1) is 12.2. The summed E-state index contributed by atoms with van der Waals surface area (Å²) in [5.74, 6) is -0.0995. The zero-order chi connectivity index (χ0) is 19.6. The van der Waals surface area contributed by atoms with E-state index in [1.54, 1.807) is 6.08 Å². The molecule has 0 radical (unpaired) electrons. The Hall–Kier alpha value is -2.34. The third-order valence-electron chi connectivity index (χ3n) is 3.31. The molecule has 0 atom stereocenters. The molecule has 2 N–H and O–H groups in total. The third-order valence-corrected chi connectivity index (χ3v) is 3.31. The topological polar surface area (TPSA) is 70.7 Å². The summed E-state index contributed by atoms with van der Waals surface area (Å²) in [6, 6.07) is 7.96. The minimum Gasteiger partial charge on any atom is -0.444 e. The predicted octanol–water partition coefficient (Wildman–Crippen LogP) is 2.49. The van der Waals surface area contributed by atoms with Crippen molar-refractivity contribution < 1.29 is 14.3 Å². The summed E-state index contributed by atoms with van der Waals surface area (Å²) in [7, 11) is 3.90. The Bertz CT molecular complexity index is 602. The fraction of sp³-hybridized carbons (Fsp3) is 0.500. The van der Waals surface area contributed by atoms with Crippen molar-refractivity contribution in [3.05, 3.63) is 47.5 Å². The van der Waals surface area contributed by atoms with Crippen molar-refractivity contribution >= 4 is 12.0 Å². The fourth-order valence-corrected chi connectivity index (χ4v) is 2.07. The molecule has 0 aliphatic rings. The van der Waals surface area contributed by atoms with Crippen LogP contribution in [0.5, 0.6) is 0 Å². The van der Waals surface area contributed by atoms with Gasteiger partial charge in [-0.15, -0.1) is 0 Å². The molecular formula is C20H31N3O3. The molecule has 6 nitrogen and oxygen atoms in total. The maximum Gasteiger partial charge on any atom is 0.407 e. The van der Waals surface area contributed by atoms with Crippen molar-refractivity contribution in [3.63, 3.8) is 0 Å². The van der Waals surface area contributed by atoms with Crippen molar-refractivity contribution in [1.82, 2.24) is 15.5 Å². The summed E-state index contributed by atoms with van der Waals surface area (Å²) in [6.07, 6.45) is 3.70. The molecule has 0 aliphatic carbocycles. The number of benzene rings is 1. The first kappa shape index (κ1) is 21.7. The lowest BCUT2D eigenvalue weighted by molar-refractivity contribution is -0.116. The average Bonchev–Trinajstić information content (AvgIpc) is 2.52. The van der Waals surface area contributed by atoms with Gasteiger partial charge in [-0.2, -0.15) is 0 Å². The SMILES string of the molecule is CN(C)C/C=C/C(=O)NCc1ccc(CCNC(=O)OC(C)(C)C)cc1. The number of alkyl carbamates (subject to hydrolysis) is 1. The molecule has 0 heterocycles. The summed E-state index contributed by atoms with van der Waals surface area (Å²) in [4.78, 5) is 25.3. The van der Waals surface area contributed by atoms with Crippen LogP contribution in [0.15, 0.2) is 36.4 Å². The lowest BCUT2D eigenvalue weighted by Gasteiger charge is -2.19. The van der Waals surface area contributed by atoms with Crippen molar-refractivity contribution in [1.29, 1.82) is 0 Å². The van der Waals surface area contributed by atoms with E-state index in [1.807, 2.05) is 70.1 Å². The number of nitrogens with one attached hydrogen (secondary N) is 2. The van der Waals surface area contributed by atoms with Crippen LogP contribution >= 0.6 is 0 Å². The highest BCUT2D eigenvalue weighted by atomic mass is 16.6. The Kier molecular flexibility index (Phi) is 8.85. The summed E-state index contributed by atoms with van der Waals surface area (Å²) >= 11 is 0. The van der Waals surface area contributed by atoms with Gasteiger partial charge in [0.25, 0.3) is 0 Å². The van der Waals surface area contributed by atoms with E-state index >= 15 is 0 Å². The van der Waals surface area contributed by atoms with Gasteiger partial charge in [-0.1, -0.05) is 30.3 Å². The molecular weight excluding hydrogens is 330 g/mol. The van der Waals surface area contributed by atoms with Gasteiger partial charge < -0.3 is 20.3 Å². The largest absolute Gasteiger partial charge is 0.444 e.